The molecule has 4 rings (SSSR count). The van der Waals surface area contributed by atoms with Gasteiger partial charge in [-0.05, 0) is 43.0 Å². The van der Waals surface area contributed by atoms with Crippen molar-refractivity contribution < 1.29 is 23.9 Å². The number of amides is 5. The van der Waals surface area contributed by atoms with E-state index in [1.807, 2.05) is 6.07 Å². The first-order chi connectivity index (χ1) is 14.4. The predicted octanol–water partition coefficient (Wildman–Crippen LogP) is 1.33. The minimum Gasteiger partial charge on any atom is -0.450 e. The number of urea groups is 1. The number of benzene rings is 1. The minimum atomic E-state index is -1.13. The van der Waals surface area contributed by atoms with Gasteiger partial charge in [-0.2, -0.15) is 0 Å². The molecule has 9 nitrogen and oxygen atoms in total. The molecule has 1 spiro atoms. The molecule has 2 heterocycles. The molecule has 0 saturated carbocycles. The molecule has 0 bridgehead atoms. The van der Waals surface area contributed by atoms with Gasteiger partial charge in [0.2, 0.25) is 5.91 Å². The monoisotopic (exact) mass is 434 g/mol. The second-order valence-corrected chi connectivity index (χ2v) is 8.03. The molecule has 0 unspecified atom stereocenters. The summed E-state index contributed by atoms with van der Waals surface area (Å²) in [5.41, 5.74) is 0.544. The van der Waals surface area contributed by atoms with Gasteiger partial charge in [-0.25, -0.2) is 9.59 Å². The maximum absolute atomic E-state index is 13.2. The van der Waals surface area contributed by atoms with Crippen LogP contribution in [0.1, 0.15) is 24.5 Å². The van der Waals surface area contributed by atoms with E-state index < -0.39 is 23.6 Å². The fourth-order valence-corrected chi connectivity index (χ4v) is 4.55. The van der Waals surface area contributed by atoms with E-state index >= 15 is 0 Å². The molecule has 1 aliphatic carbocycles. The van der Waals surface area contributed by atoms with E-state index in [-0.39, 0.29) is 12.5 Å². The van der Waals surface area contributed by atoms with Crippen LogP contribution in [0.5, 0.6) is 0 Å². The number of piperazine rings is 1. The number of hydrogen-bond acceptors (Lipinski definition) is 5. The molecule has 1 aromatic rings. The van der Waals surface area contributed by atoms with Crippen molar-refractivity contribution in [1.82, 2.24) is 20.0 Å². The van der Waals surface area contributed by atoms with Crippen molar-refractivity contribution >= 4 is 35.5 Å². The van der Waals surface area contributed by atoms with Crippen molar-refractivity contribution in [1.29, 1.82) is 0 Å². The van der Waals surface area contributed by atoms with Crippen molar-refractivity contribution in [2.75, 3.05) is 39.3 Å². The number of fused-ring (bicyclic) bond motifs is 2. The van der Waals surface area contributed by atoms with E-state index in [0.717, 1.165) is 16.0 Å². The summed E-state index contributed by atoms with van der Waals surface area (Å²) in [5.74, 6) is -0.736. The smallest absolute Gasteiger partial charge is 0.409 e. The van der Waals surface area contributed by atoms with Gasteiger partial charge in [-0.15, -0.1) is 0 Å². The molecule has 1 aromatic carbocycles. The summed E-state index contributed by atoms with van der Waals surface area (Å²) in [4.78, 5) is 54.4. The third-order valence-electron chi connectivity index (χ3n) is 5.92. The van der Waals surface area contributed by atoms with Gasteiger partial charge in [0.25, 0.3) is 5.91 Å². The number of rotatable bonds is 3. The summed E-state index contributed by atoms with van der Waals surface area (Å²) in [6.07, 6.45) is 0.663. The maximum atomic E-state index is 13.2. The highest BCUT2D eigenvalue weighted by atomic mass is 35.5. The lowest BCUT2D eigenvalue weighted by molar-refractivity contribution is -0.140. The average molecular weight is 435 g/mol. The summed E-state index contributed by atoms with van der Waals surface area (Å²) in [7, 11) is 0. The first-order valence-electron chi connectivity index (χ1n) is 9.98. The molecule has 2 aliphatic heterocycles. The second-order valence-electron chi connectivity index (χ2n) is 7.60. The summed E-state index contributed by atoms with van der Waals surface area (Å²) < 4.78 is 4.97. The number of hydrogen-bond donors (Lipinski definition) is 1. The molecule has 2 saturated heterocycles. The van der Waals surface area contributed by atoms with Crippen LogP contribution >= 0.6 is 11.6 Å². The molecule has 30 heavy (non-hydrogen) atoms. The van der Waals surface area contributed by atoms with Gasteiger partial charge in [-0.1, -0.05) is 17.7 Å². The van der Waals surface area contributed by atoms with Crippen LogP contribution in [0.2, 0.25) is 5.02 Å². The van der Waals surface area contributed by atoms with Crippen LogP contribution in [0.3, 0.4) is 0 Å². The molecule has 1 atom stereocenters. The van der Waals surface area contributed by atoms with E-state index in [2.05, 4.69) is 5.32 Å². The third kappa shape index (κ3) is 3.36. The second kappa shape index (κ2) is 7.79. The van der Waals surface area contributed by atoms with Crippen LogP contribution < -0.4 is 5.32 Å². The Morgan fingerprint density at radius 3 is 2.57 bits per heavy atom. The molecule has 160 valence electrons. The minimum absolute atomic E-state index is 0.293. The van der Waals surface area contributed by atoms with E-state index in [4.69, 9.17) is 16.3 Å². The Morgan fingerprint density at radius 2 is 1.87 bits per heavy atom. The van der Waals surface area contributed by atoms with Gasteiger partial charge in [0.1, 0.15) is 12.1 Å². The zero-order chi connectivity index (χ0) is 21.5. The topological polar surface area (TPSA) is 99.3 Å². The van der Waals surface area contributed by atoms with Crippen molar-refractivity contribution in [2.24, 2.45) is 0 Å². The first kappa shape index (κ1) is 20.5. The third-order valence-corrected chi connectivity index (χ3v) is 6.16. The van der Waals surface area contributed by atoms with Crippen LogP contribution in [-0.4, -0.2) is 78.0 Å². The Hall–Kier alpha value is -2.81. The van der Waals surface area contributed by atoms with Crippen molar-refractivity contribution in [2.45, 2.75) is 25.3 Å². The van der Waals surface area contributed by atoms with Gasteiger partial charge >= 0.3 is 12.1 Å². The molecular formula is C20H23ClN4O5. The summed E-state index contributed by atoms with van der Waals surface area (Å²) >= 11 is 6.05. The zero-order valence-electron chi connectivity index (χ0n) is 16.6. The Bertz CT molecular complexity index is 914. The normalized spacial score (nSPS) is 23.1. The Kier molecular flexibility index (Phi) is 5.31. The maximum Gasteiger partial charge on any atom is 0.409 e. The predicted molar refractivity (Wildman–Crippen MR) is 107 cm³/mol. The van der Waals surface area contributed by atoms with Gasteiger partial charge in [0.15, 0.2) is 0 Å². The highest BCUT2D eigenvalue weighted by Crippen LogP contribution is 2.42. The van der Waals surface area contributed by atoms with E-state index in [1.165, 1.54) is 4.90 Å². The average Bonchev–Trinajstić information content (AvgIpc) is 3.20. The van der Waals surface area contributed by atoms with E-state index in [9.17, 15) is 19.2 Å². The van der Waals surface area contributed by atoms with Crippen LogP contribution in [0.4, 0.5) is 9.59 Å². The van der Waals surface area contributed by atoms with E-state index in [1.54, 1.807) is 24.0 Å². The highest BCUT2D eigenvalue weighted by molar-refractivity contribution is 6.30. The van der Waals surface area contributed by atoms with Crippen molar-refractivity contribution in [3.63, 3.8) is 0 Å². The lowest BCUT2D eigenvalue weighted by atomic mass is 9.92. The zero-order valence-corrected chi connectivity index (χ0v) is 17.4. The Morgan fingerprint density at radius 1 is 1.17 bits per heavy atom. The number of aryl methyl sites for hydroxylation is 1. The van der Waals surface area contributed by atoms with Crippen LogP contribution in [0, 0.1) is 0 Å². The number of carbonyl (C=O) groups is 4. The SMILES string of the molecule is CCOC(=O)N1CCN(C(=O)CN2C(=O)N[C@]3(CCc4cc(Cl)ccc43)C2=O)CC1. The molecular weight excluding hydrogens is 412 g/mol. The van der Waals surface area contributed by atoms with Gasteiger partial charge < -0.3 is 19.9 Å². The number of carbonyl (C=O) groups excluding carboxylic acids is 4. The standard InChI is InChI=1S/C20H23ClN4O5/c1-2-30-19(29)24-9-7-23(8-10-24)16(26)12-25-17(27)20(22-18(25)28)6-5-13-11-14(21)3-4-15(13)20/h3-4,11H,2,5-10,12H2,1H3,(H,22,28)/t20-/m0/s1. The van der Waals surface area contributed by atoms with Crippen molar-refractivity contribution in [3.05, 3.63) is 34.3 Å². The van der Waals surface area contributed by atoms with E-state index in [0.29, 0.717) is 50.7 Å². The molecule has 3 aliphatic rings. The summed E-state index contributed by atoms with van der Waals surface area (Å²) in [5, 5.41) is 3.38. The summed E-state index contributed by atoms with van der Waals surface area (Å²) in [6.45, 7) is 3.06. The largest absolute Gasteiger partial charge is 0.450 e. The fraction of sp³-hybridized carbons (Fsp3) is 0.500. The number of imide groups is 1. The number of nitrogens with one attached hydrogen (secondary N) is 1. The number of halogens is 1. The van der Waals surface area contributed by atoms with Crippen LogP contribution in [0.25, 0.3) is 0 Å². The van der Waals surface area contributed by atoms with Gasteiger partial charge in [0, 0.05) is 31.2 Å². The summed E-state index contributed by atoms with van der Waals surface area (Å²) in [6, 6.07) is 4.70. The molecule has 0 aromatic heterocycles. The molecule has 10 heteroatoms. The molecule has 5 amide bonds. The molecule has 1 N–H and O–H groups in total. The molecule has 0 radical (unpaired) electrons. The van der Waals surface area contributed by atoms with Crippen LogP contribution in [-0.2, 0) is 26.3 Å². The fourth-order valence-electron chi connectivity index (χ4n) is 4.35. The Labute approximate surface area is 178 Å². The van der Waals surface area contributed by atoms with Gasteiger partial charge in [0.05, 0.1) is 6.61 Å². The lowest BCUT2D eigenvalue weighted by Crippen LogP contribution is -2.53. The lowest BCUT2D eigenvalue weighted by Gasteiger charge is -2.34. The Balaban J connectivity index is 1.42. The highest BCUT2D eigenvalue weighted by Gasteiger charge is 2.55. The van der Waals surface area contributed by atoms with Crippen LogP contribution in [0.15, 0.2) is 18.2 Å². The first-order valence-corrected chi connectivity index (χ1v) is 10.4. The number of nitrogens with zero attached hydrogens (tertiary/aromatic N) is 3. The molecule has 2 fully saturated rings. The quantitative estimate of drug-likeness (QED) is 0.723. The van der Waals surface area contributed by atoms with Gasteiger partial charge in [-0.3, -0.25) is 14.5 Å². The number of ether oxygens (including phenoxy) is 1. The van der Waals surface area contributed by atoms with Crippen molar-refractivity contribution in [3.8, 4) is 0 Å².